The van der Waals surface area contributed by atoms with Crippen molar-refractivity contribution in [3.05, 3.63) is 34.3 Å². The van der Waals surface area contributed by atoms with Crippen molar-refractivity contribution in [2.24, 2.45) is 16.7 Å². The molecule has 0 amide bonds. The molecule has 1 saturated heterocycles. The van der Waals surface area contributed by atoms with Gasteiger partial charge in [0.1, 0.15) is 12.2 Å². The maximum atomic E-state index is 13.9. The minimum Gasteiger partial charge on any atom is -0.504 e. The zero-order chi connectivity index (χ0) is 28.2. The molecule has 0 aromatic heterocycles. The fourth-order valence-corrected chi connectivity index (χ4v) is 6.94. The van der Waals surface area contributed by atoms with Gasteiger partial charge < -0.3 is 39.5 Å². The van der Waals surface area contributed by atoms with Gasteiger partial charge >= 0.3 is 11.9 Å². The Morgan fingerprint density at radius 3 is 2.58 bits per heavy atom. The Balaban J connectivity index is 1.97. The number of ether oxygens (including phenoxy) is 3. The van der Waals surface area contributed by atoms with Gasteiger partial charge in [0.2, 0.25) is 5.78 Å². The molecule has 1 aliphatic heterocycles. The predicted octanol–water partition coefficient (Wildman–Crippen LogP) is 0.537. The van der Waals surface area contributed by atoms with E-state index in [2.05, 4.69) is 0 Å². The van der Waals surface area contributed by atoms with Crippen molar-refractivity contribution in [1.82, 2.24) is 4.90 Å². The minimum absolute atomic E-state index is 0.0317. The molecular formula is C27H37NO10. The number of nitrogens with zero attached hydrogens (tertiary/aromatic N) is 1. The average molecular weight is 536 g/mol. The maximum Gasteiger partial charge on any atom is 0.340 e. The van der Waals surface area contributed by atoms with Crippen LogP contribution in [0.3, 0.4) is 0 Å². The zero-order valence-electron chi connectivity index (χ0n) is 22.4. The lowest BCUT2D eigenvalue weighted by Gasteiger charge is -2.54. The summed E-state index contributed by atoms with van der Waals surface area (Å²) >= 11 is 0. The van der Waals surface area contributed by atoms with E-state index in [9.17, 15) is 34.8 Å². The largest absolute Gasteiger partial charge is 0.504 e. The molecule has 4 rings (SSSR count). The predicted molar refractivity (Wildman–Crippen MR) is 132 cm³/mol. The summed E-state index contributed by atoms with van der Waals surface area (Å²) < 4.78 is 17.0. The lowest BCUT2D eigenvalue weighted by atomic mass is 9.53. The van der Waals surface area contributed by atoms with Gasteiger partial charge in [-0.05, 0) is 37.7 Å². The number of hydrogen-bond donors (Lipinski definition) is 4. The highest BCUT2D eigenvalue weighted by molar-refractivity contribution is 6.13. The summed E-state index contributed by atoms with van der Waals surface area (Å²) in [6.45, 7) is 4.27. The highest BCUT2D eigenvalue weighted by Crippen LogP contribution is 2.63. The molecule has 2 fully saturated rings. The number of carbonyl (C=O) groups excluding carboxylic acids is 3. The Morgan fingerprint density at radius 1 is 1.29 bits per heavy atom. The number of aliphatic hydroxyl groups excluding tert-OH is 4. The summed E-state index contributed by atoms with van der Waals surface area (Å²) in [7, 11) is 3.01. The van der Waals surface area contributed by atoms with Gasteiger partial charge in [-0.1, -0.05) is 6.92 Å². The summed E-state index contributed by atoms with van der Waals surface area (Å²) in [6, 6.07) is 0. The SMILES string of the molecule is COCC1OC(=O)C(=CN(C)CC(O)CO)C2=C(O)C(=O)C3=C(C(OC(C)=O)CC4(C)C(O)CCC34)C21C. The molecule has 7 atom stereocenters. The van der Waals surface area contributed by atoms with Gasteiger partial charge in [-0.2, -0.15) is 0 Å². The average Bonchev–Trinajstić information content (AvgIpc) is 3.13. The normalized spacial score (nSPS) is 36.5. The molecule has 7 unspecified atom stereocenters. The quantitative estimate of drug-likeness (QED) is 0.266. The molecule has 4 aliphatic rings. The second-order valence-corrected chi connectivity index (χ2v) is 11.2. The van der Waals surface area contributed by atoms with Crippen LogP contribution in [-0.2, 0) is 28.6 Å². The molecule has 0 spiro atoms. The van der Waals surface area contributed by atoms with Crippen LogP contribution in [0.15, 0.2) is 34.3 Å². The van der Waals surface area contributed by atoms with Crippen LogP contribution in [0.2, 0.25) is 0 Å². The molecule has 4 N–H and O–H groups in total. The van der Waals surface area contributed by atoms with Crippen LogP contribution >= 0.6 is 0 Å². The molecule has 1 heterocycles. The molecule has 0 aromatic carbocycles. The van der Waals surface area contributed by atoms with Crippen LogP contribution in [0.1, 0.15) is 40.0 Å². The molecule has 0 radical (unpaired) electrons. The third kappa shape index (κ3) is 4.25. The van der Waals surface area contributed by atoms with Crippen LogP contribution in [-0.4, -0.2) is 101 Å². The second kappa shape index (κ2) is 10.1. The van der Waals surface area contributed by atoms with Gasteiger partial charge in [0.05, 0.1) is 36.4 Å². The highest BCUT2D eigenvalue weighted by Gasteiger charge is 2.64. The summed E-state index contributed by atoms with van der Waals surface area (Å²) in [4.78, 5) is 40.9. The first-order valence-corrected chi connectivity index (χ1v) is 12.8. The third-order valence-corrected chi connectivity index (χ3v) is 8.71. The number of methoxy groups -OCH3 is 1. The second-order valence-electron chi connectivity index (χ2n) is 11.2. The zero-order valence-corrected chi connectivity index (χ0v) is 22.4. The van der Waals surface area contributed by atoms with E-state index in [1.54, 1.807) is 14.0 Å². The number of hydrogen-bond acceptors (Lipinski definition) is 11. The van der Waals surface area contributed by atoms with Gasteiger partial charge in [-0.25, -0.2) is 4.79 Å². The summed E-state index contributed by atoms with van der Waals surface area (Å²) in [6.07, 6.45) is -1.13. The van der Waals surface area contributed by atoms with Crippen molar-refractivity contribution in [2.45, 2.75) is 64.4 Å². The highest BCUT2D eigenvalue weighted by atomic mass is 16.6. The van der Waals surface area contributed by atoms with Crippen LogP contribution in [0, 0.1) is 16.7 Å². The van der Waals surface area contributed by atoms with Gasteiger partial charge in [-0.3, -0.25) is 9.59 Å². The molecular weight excluding hydrogens is 498 g/mol. The standard InChI is InChI=1S/C27H37NO10/c1-13(30)37-17-8-26(2)16(6-7-18(26)32)20-22(17)27(3)19(12-36-5)38-25(35)15(21(27)24(34)23(20)33)10-28(4)9-14(31)11-29/h10,14,16-19,29,31-32,34H,6-9,11-12H2,1-5H3. The Hall–Kier alpha value is -2.73. The molecule has 38 heavy (non-hydrogen) atoms. The number of cyclic esters (lactones) is 1. The molecule has 210 valence electrons. The van der Waals surface area contributed by atoms with Gasteiger partial charge in [0, 0.05) is 50.4 Å². The summed E-state index contributed by atoms with van der Waals surface area (Å²) in [5.74, 6) is -3.06. The third-order valence-electron chi connectivity index (χ3n) is 8.71. The fourth-order valence-electron chi connectivity index (χ4n) is 6.94. The fraction of sp³-hybridized carbons (Fsp3) is 0.667. The number of carbonyl (C=O) groups is 3. The van der Waals surface area contributed by atoms with Gasteiger partial charge in [0.15, 0.2) is 5.76 Å². The summed E-state index contributed by atoms with van der Waals surface area (Å²) in [5, 5.41) is 41.4. The maximum absolute atomic E-state index is 13.9. The van der Waals surface area contributed by atoms with E-state index in [1.165, 1.54) is 25.1 Å². The topological polar surface area (TPSA) is 163 Å². The lowest BCUT2D eigenvalue weighted by molar-refractivity contribution is -0.161. The van der Waals surface area contributed by atoms with E-state index in [-0.39, 0.29) is 36.3 Å². The van der Waals surface area contributed by atoms with Crippen LogP contribution < -0.4 is 0 Å². The van der Waals surface area contributed by atoms with Crippen LogP contribution in [0.25, 0.3) is 0 Å². The van der Waals surface area contributed by atoms with Crippen LogP contribution in [0.5, 0.6) is 0 Å². The Bertz CT molecular complexity index is 1120. The first-order valence-electron chi connectivity index (χ1n) is 12.8. The molecule has 0 bridgehead atoms. The Kier molecular flexibility index (Phi) is 7.52. The first kappa shape index (κ1) is 28.3. The number of likely N-dealkylation sites (N-methyl/N-ethyl adjacent to an activating group) is 1. The van der Waals surface area contributed by atoms with Gasteiger partial charge in [0.25, 0.3) is 0 Å². The summed E-state index contributed by atoms with van der Waals surface area (Å²) in [5.41, 5.74) is -1.40. The Morgan fingerprint density at radius 2 is 1.97 bits per heavy atom. The van der Waals surface area contributed by atoms with Crippen molar-refractivity contribution in [2.75, 3.05) is 33.9 Å². The lowest BCUT2D eigenvalue weighted by Crippen LogP contribution is -2.57. The van der Waals surface area contributed by atoms with Crippen molar-refractivity contribution in [3.63, 3.8) is 0 Å². The number of allylic oxidation sites excluding steroid dienone is 1. The smallest absolute Gasteiger partial charge is 0.340 e. The van der Waals surface area contributed by atoms with Crippen molar-refractivity contribution >= 4 is 17.7 Å². The van der Waals surface area contributed by atoms with Crippen molar-refractivity contribution < 1.29 is 49.0 Å². The number of esters is 2. The van der Waals surface area contributed by atoms with E-state index >= 15 is 0 Å². The van der Waals surface area contributed by atoms with E-state index in [1.807, 2.05) is 6.92 Å². The van der Waals surface area contributed by atoms with Crippen LogP contribution in [0.4, 0.5) is 0 Å². The number of rotatable bonds is 7. The van der Waals surface area contributed by atoms with Crippen molar-refractivity contribution in [1.29, 1.82) is 0 Å². The van der Waals surface area contributed by atoms with Crippen molar-refractivity contribution in [3.8, 4) is 0 Å². The number of aliphatic hydroxyl groups is 4. The molecule has 1 saturated carbocycles. The monoisotopic (exact) mass is 535 g/mol. The number of Topliss-reactive ketones (excluding diaryl/α,β-unsaturated/α-hetero) is 1. The Labute approximate surface area is 221 Å². The molecule has 3 aliphatic carbocycles. The minimum atomic E-state index is -1.31. The molecule has 0 aromatic rings. The van der Waals surface area contributed by atoms with E-state index in [4.69, 9.17) is 14.2 Å². The van der Waals surface area contributed by atoms with E-state index in [0.717, 1.165) is 0 Å². The first-order chi connectivity index (χ1) is 17.8. The number of ketones is 1. The molecule has 11 nitrogen and oxygen atoms in total. The van der Waals surface area contributed by atoms with E-state index in [0.29, 0.717) is 18.4 Å². The number of fused-ring (bicyclic) bond motifs is 4. The van der Waals surface area contributed by atoms with Gasteiger partial charge in [-0.15, -0.1) is 0 Å². The molecule has 11 heteroatoms. The van der Waals surface area contributed by atoms with E-state index < -0.39 is 71.3 Å².